The van der Waals surface area contributed by atoms with Crippen LogP contribution in [0, 0.1) is 11.8 Å². The lowest BCUT2D eigenvalue weighted by Crippen LogP contribution is -2.42. The minimum atomic E-state index is 0.723. The molecule has 0 aromatic rings. The molecule has 0 saturated heterocycles. The van der Waals surface area contributed by atoms with Gasteiger partial charge in [0.1, 0.15) is 0 Å². The quantitative estimate of drug-likeness (QED) is 0.480. The van der Waals surface area contributed by atoms with E-state index < -0.39 is 0 Å². The standard InChI is InChI=1S/C17H34N4/c1-4-18-17(19-10-9-14(2)3)20-11-12-21(16-7-8-16)13-15-5-6-15/h14-16H,4-13H2,1-3H3,(H2,18,19,20). The normalized spacial score (nSPS) is 19.4. The van der Waals surface area contributed by atoms with Crippen molar-refractivity contribution in [1.82, 2.24) is 15.5 Å². The van der Waals surface area contributed by atoms with E-state index in [4.69, 9.17) is 0 Å². The molecule has 4 heteroatoms. The van der Waals surface area contributed by atoms with Crippen LogP contribution in [0.4, 0.5) is 0 Å². The summed E-state index contributed by atoms with van der Waals surface area (Å²) < 4.78 is 0. The number of hydrogen-bond donors (Lipinski definition) is 2. The molecule has 2 rings (SSSR count). The summed E-state index contributed by atoms with van der Waals surface area (Å²) >= 11 is 0. The van der Waals surface area contributed by atoms with Crippen molar-refractivity contribution in [3.8, 4) is 0 Å². The molecule has 0 aromatic heterocycles. The molecule has 0 unspecified atom stereocenters. The molecule has 0 aliphatic heterocycles. The Balaban J connectivity index is 1.66. The lowest BCUT2D eigenvalue weighted by atomic mass is 10.1. The van der Waals surface area contributed by atoms with Gasteiger partial charge >= 0.3 is 0 Å². The van der Waals surface area contributed by atoms with E-state index in [0.29, 0.717) is 0 Å². The van der Waals surface area contributed by atoms with Crippen LogP contribution in [0.1, 0.15) is 52.9 Å². The first-order valence-electron chi connectivity index (χ1n) is 8.95. The second-order valence-electron chi connectivity index (χ2n) is 7.04. The Labute approximate surface area is 130 Å². The zero-order valence-electron chi connectivity index (χ0n) is 14.2. The van der Waals surface area contributed by atoms with Crippen LogP contribution >= 0.6 is 0 Å². The number of nitrogens with one attached hydrogen (secondary N) is 2. The minimum absolute atomic E-state index is 0.723. The molecule has 21 heavy (non-hydrogen) atoms. The summed E-state index contributed by atoms with van der Waals surface area (Å²) in [6.07, 6.45) is 6.89. The molecular weight excluding hydrogens is 260 g/mol. The van der Waals surface area contributed by atoms with Crippen molar-refractivity contribution >= 4 is 5.96 Å². The van der Waals surface area contributed by atoms with E-state index in [0.717, 1.165) is 56.4 Å². The number of guanidine groups is 1. The Morgan fingerprint density at radius 3 is 2.52 bits per heavy atom. The maximum atomic E-state index is 4.66. The minimum Gasteiger partial charge on any atom is -0.357 e. The predicted octanol–water partition coefficient (Wildman–Crippen LogP) is 2.46. The first kappa shape index (κ1) is 16.6. The van der Waals surface area contributed by atoms with Crippen molar-refractivity contribution in [3.05, 3.63) is 0 Å². The fraction of sp³-hybridized carbons (Fsp3) is 0.941. The summed E-state index contributed by atoms with van der Waals surface area (Å²) in [5, 5.41) is 6.85. The van der Waals surface area contributed by atoms with Gasteiger partial charge in [0, 0.05) is 38.8 Å². The molecule has 2 aliphatic rings. The second-order valence-corrected chi connectivity index (χ2v) is 7.04. The van der Waals surface area contributed by atoms with Gasteiger partial charge in [-0.2, -0.15) is 0 Å². The zero-order chi connectivity index (χ0) is 15.1. The average molecular weight is 294 g/mol. The summed E-state index contributed by atoms with van der Waals surface area (Å²) in [7, 11) is 0. The van der Waals surface area contributed by atoms with Crippen molar-refractivity contribution in [2.24, 2.45) is 16.8 Å². The van der Waals surface area contributed by atoms with Gasteiger partial charge in [0.2, 0.25) is 0 Å². The van der Waals surface area contributed by atoms with Crippen LogP contribution < -0.4 is 10.6 Å². The van der Waals surface area contributed by atoms with Crippen molar-refractivity contribution in [1.29, 1.82) is 0 Å². The van der Waals surface area contributed by atoms with Gasteiger partial charge in [-0.25, -0.2) is 0 Å². The summed E-state index contributed by atoms with van der Waals surface area (Å²) in [5.74, 6) is 2.71. The molecule has 0 radical (unpaired) electrons. The van der Waals surface area contributed by atoms with Gasteiger partial charge in [-0.15, -0.1) is 0 Å². The maximum Gasteiger partial charge on any atom is 0.191 e. The molecule has 4 nitrogen and oxygen atoms in total. The molecule has 2 N–H and O–H groups in total. The van der Waals surface area contributed by atoms with Crippen molar-refractivity contribution in [2.75, 3.05) is 32.7 Å². The van der Waals surface area contributed by atoms with Crippen molar-refractivity contribution in [2.45, 2.75) is 58.9 Å². The third kappa shape index (κ3) is 7.16. The topological polar surface area (TPSA) is 39.7 Å². The van der Waals surface area contributed by atoms with Crippen LogP contribution in [-0.4, -0.2) is 49.6 Å². The molecule has 0 bridgehead atoms. The van der Waals surface area contributed by atoms with E-state index in [9.17, 15) is 0 Å². The van der Waals surface area contributed by atoms with E-state index >= 15 is 0 Å². The van der Waals surface area contributed by atoms with Crippen LogP contribution in [0.15, 0.2) is 4.99 Å². The lowest BCUT2D eigenvalue weighted by Gasteiger charge is -2.22. The highest BCUT2D eigenvalue weighted by Gasteiger charge is 2.33. The number of aliphatic imine (C=N–C) groups is 1. The van der Waals surface area contributed by atoms with Crippen LogP contribution in [0.3, 0.4) is 0 Å². The second kappa shape index (κ2) is 8.62. The van der Waals surface area contributed by atoms with Gasteiger partial charge < -0.3 is 10.6 Å². The molecule has 0 aromatic carbocycles. The largest absolute Gasteiger partial charge is 0.357 e. The van der Waals surface area contributed by atoms with Crippen molar-refractivity contribution in [3.63, 3.8) is 0 Å². The van der Waals surface area contributed by atoms with E-state index in [1.165, 1.54) is 32.2 Å². The molecular formula is C17H34N4. The first-order valence-corrected chi connectivity index (χ1v) is 8.95. The Morgan fingerprint density at radius 1 is 1.19 bits per heavy atom. The highest BCUT2D eigenvalue weighted by Crippen LogP contribution is 2.34. The summed E-state index contributed by atoms with van der Waals surface area (Å²) in [4.78, 5) is 7.36. The van der Waals surface area contributed by atoms with Gasteiger partial charge in [0.25, 0.3) is 0 Å². The SMILES string of the molecule is CCNC(=NCCC(C)C)NCCN(CC1CC1)C1CC1. The molecule has 0 atom stereocenters. The zero-order valence-corrected chi connectivity index (χ0v) is 14.2. The third-order valence-electron chi connectivity index (χ3n) is 4.26. The van der Waals surface area contributed by atoms with E-state index in [1.807, 2.05) is 0 Å². The summed E-state index contributed by atoms with van der Waals surface area (Å²) in [6, 6.07) is 0.882. The monoisotopic (exact) mass is 294 g/mol. The summed E-state index contributed by atoms with van der Waals surface area (Å²) in [5.41, 5.74) is 0. The van der Waals surface area contributed by atoms with E-state index in [-0.39, 0.29) is 0 Å². The molecule has 0 amide bonds. The van der Waals surface area contributed by atoms with Gasteiger partial charge in [-0.05, 0) is 50.9 Å². The van der Waals surface area contributed by atoms with E-state index in [1.54, 1.807) is 0 Å². The molecule has 0 spiro atoms. The molecule has 0 heterocycles. The number of hydrogen-bond acceptors (Lipinski definition) is 2. The van der Waals surface area contributed by atoms with Gasteiger partial charge in [-0.3, -0.25) is 9.89 Å². The Kier molecular flexibility index (Phi) is 6.81. The highest BCUT2D eigenvalue weighted by atomic mass is 15.2. The molecule has 2 fully saturated rings. The van der Waals surface area contributed by atoms with Gasteiger partial charge in [0.05, 0.1) is 0 Å². The smallest absolute Gasteiger partial charge is 0.191 e. The lowest BCUT2D eigenvalue weighted by molar-refractivity contribution is 0.256. The average Bonchev–Trinajstić information content (AvgIpc) is 3.30. The molecule has 2 aliphatic carbocycles. The Morgan fingerprint density at radius 2 is 1.95 bits per heavy atom. The van der Waals surface area contributed by atoms with Gasteiger partial charge in [0.15, 0.2) is 5.96 Å². The van der Waals surface area contributed by atoms with Gasteiger partial charge in [-0.1, -0.05) is 13.8 Å². The number of rotatable bonds is 10. The fourth-order valence-corrected chi connectivity index (χ4v) is 2.59. The molecule has 2 saturated carbocycles. The van der Waals surface area contributed by atoms with Crippen LogP contribution in [0.2, 0.25) is 0 Å². The first-order chi connectivity index (χ1) is 10.2. The summed E-state index contributed by atoms with van der Waals surface area (Å²) in [6.45, 7) is 12.0. The van der Waals surface area contributed by atoms with E-state index in [2.05, 4.69) is 41.3 Å². The van der Waals surface area contributed by atoms with Crippen molar-refractivity contribution < 1.29 is 0 Å². The van der Waals surface area contributed by atoms with Crippen LogP contribution in [0.5, 0.6) is 0 Å². The Hall–Kier alpha value is -0.770. The molecule has 122 valence electrons. The predicted molar refractivity (Wildman–Crippen MR) is 90.8 cm³/mol. The fourth-order valence-electron chi connectivity index (χ4n) is 2.59. The Bertz CT molecular complexity index is 319. The number of nitrogens with zero attached hydrogens (tertiary/aromatic N) is 2. The van der Waals surface area contributed by atoms with Crippen LogP contribution in [0.25, 0.3) is 0 Å². The third-order valence-corrected chi connectivity index (χ3v) is 4.26. The van der Waals surface area contributed by atoms with Crippen LogP contribution in [-0.2, 0) is 0 Å². The highest BCUT2D eigenvalue weighted by molar-refractivity contribution is 5.79. The maximum absolute atomic E-state index is 4.66.